The normalized spacial score (nSPS) is 12.6. The number of nitrogens with zero attached hydrogens (tertiary/aromatic N) is 4. The van der Waals surface area contributed by atoms with E-state index in [0.29, 0.717) is 5.56 Å². The molecule has 0 saturated carbocycles. The smallest absolute Gasteiger partial charge is 0.114 e. The van der Waals surface area contributed by atoms with E-state index in [1.807, 2.05) is 54.7 Å². The maximum Gasteiger partial charge on any atom is 0.114 e. The fraction of sp³-hybridized carbons (Fsp3) is 0.161. The van der Waals surface area contributed by atoms with Gasteiger partial charge in [-0.2, -0.15) is 11.3 Å². The Bertz CT molecular complexity index is 3310. The molecule has 4 nitrogen and oxygen atoms in total. The quantitative estimate of drug-likeness (QED) is 0.123. The third-order valence-electron chi connectivity index (χ3n) is 11.4. The number of imidazole rings is 1. The molecule has 63 heavy (non-hydrogen) atoms. The molecule has 0 N–H and O–H groups in total. The van der Waals surface area contributed by atoms with E-state index >= 15 is 0 Å². The van der Waals surface area contributed by atoms with Crippen LogP contribution >= 0.6 is 11.3 Å². The van der Waals surface area contributed by atoms with Gasteiger partial charge in [-0.05, 0) is 69.3 Å². The average molecular weight is 1030 g/mol. The van der Waals surface area contributed by atoms with Crippen LogP contribution in [-0.4, -0.2) is 27.6 Å². The van der Waals surface area contributed by atoms with Crippen molar-refractivity contribution in [3.05, 3.63) is 187 Å². The van der Waals surface area contributed by atoms with Crippen molar-refractivity contribution in [1.82, 2.24) is 19.5 Å². The number of hydrogen-bond acceptors (Lipinski definition) is 4. The summed E-state index contributed by atoms with van der Waals surface area (Å²) in [7, 11) is -1.23. The number of benzene rings is 6. The van der Waals surface area contributed by atoms with Gasteiger partial charge in [0, 0.05) is 52.6 Å². The van der Waals surface area contributed by atoms with E-state index in [2.05, 4.69) is 160 Å². The van der Waals surface area contributed by atoms with Crippen LogP contribution in [-0.2, 0) is 25.5 Å². The Hall–Kier alpha value is -5.82. The van der Waals surface area contributed by atoms with Gasteiger partial charge < -0.3 is 9.55 Å². The Balaban J connectivity index is 0.000000295. The van der Waals surface area contributed by atoms with Crippen LogP contribution in [0.4, 0.5) is 0 Å². The molecule has 0 aliphatic heterocycles. The van der Waals surface area contributed by atoms with Gasteiger partial charge in [-0.1, -0.05) is 155 Å². The molecule has 0 amide bonds. The molecular formula is C56H50IrN4SSi-2. The van der Waals surface area contributed by atoms with Gasteiger partial charge in [0.2, 0.25) is 0 Å². The van der Waals surface area contributed by atoms with Crippen LogP contribution in [0.1, 0.15) is 41.6 Å². The van der Waals surface area contributed by atoms with Crippen LogP contribution < -0.4 is 5.19 Å². The maximum absolute atomic E-state index is 7.73. The van der Waals surface area contributed by atoms with Gasteiger partial charge in [0.15, 0.2) is 0 Å². The fourth-order valence-electron chi connectivity index (χ4n) is 7.87. The summed E-state index contributed by atoms with van der Waals surface area (Å²) in [5, 5.41) is 3.63. The first-order chi connectivity index (χ1) is 31.0. The van der Waals surface area contributed by atoms with E-state index in [1.165, 1.54) is 10.8 Å². The summed E-state index contributed by atoms with van der Waals surface area (Å²) >= 11 is 1.65. The molecule has 0 aliphatic carbocycles. The van der Waals surface area contributed by atoms with Crippen LogP contribution in [0.5, 0.6) is 0 Å². The van der Waals surface area contributed by atoms with Crippen LogP contribution in [0.2, 0.25) is 19.6 Å². The summed E-state index contributed by atoms with van der Waals surface area (Å²) in [6.45, 7) is 13.7. The molecule has 7 heteroatoms. The number of fused-ring (bicyclic) bond motifs is 4. The largest absolute Gasteiger partial charge is 0.333 e. The molecule has 1 radical (unpaired) electrons. The zero-order chi connectivity index (χ0) is 45.7. The number of aryl methyl sites for hydroxylation is 2. The maximum atomic E-state index is 7.73. The number of pyridine rings is 2. The fourth-order valence-corrected chi connectivity index (χ4v) is 10.1. The van der Waals surface area contributed by atoms with E-state index in [9.17, 15) is 0 Å². The minimum Gasteiger partial charge on any atom is -0.333 e. The molecule has 10 rings (SSSR count). The zero-order valence-electron chi connectivity index (χ0n) is 39.5. The van der Waals surface area contributed by atoms with Crippen molar-refractivity contribution < 1.29 is 24.2 Å². The molecule has 0 aliphatic rings. The van der Waals surface area contributed by atoms with Gasteiger partial charge >= 0.3 is 0 Å². The van der Waals surface area contributed by atoms with Crippen LogP contribution in [0, 0.1) is 25.9 Å². The van der Waals surface area contributed by atoms with Crippen LogP contribution in [0.3, 0.4) is 0 Å². The number of rotatable bonds is 6. The van der Waals surface area contributed by atoms with Crippen molar-refractivity contribution in [2.75, 3.05) is 0 Å². The second-order valence-electron chi connectivity index (χ2n) is 17.8. The molecule has 0 fully saturated rings. The molecule has 6 aromatic carbocycles. The average Bonchev–Trinajstić information content (AvgIpc) is 3.88. The van der Waals surface area contributed by atoms with Gasteiger partial charge in [0.25, 0.3) is 0 Å². The molecule has 0 spiro atoms. The van der Waals surface area contributed by atoms with Crippen LogP contribution in [0.25, 0.3) is 82.1 Å². The summed E-state index contributed by atoms with van der Waals surface area (Å²) in [4.78, 5) is 15.8. The predicted octanol–water partition coefficient (Wildman–Crippen LogP) is 14.6. The summed E-state index contributed by atoms with van der Waals surface area (Å²) in [5.74, 6) is 0.832. The zero-order valence-corrected chi connectivity index (χ0v) is 40.8. The monoisotopic (exact) mass is 1030 g/mol. The molecule has 0 atom stereocenters. The number of hydrogen-bond donors (Lipinski definition) is 0. The Morgan fingerprint density at radius 2 is 1.48 bits per heavy atom. The van der Waals surface area contributed by atoms with Crippen molar-refractivity contribution in [2.24, 2.45) is 0 Å². The first-order valence-corrected chi connectivity index (χ1v) is 25.3. The Morgan fingerprint density at radius 1 is 0.730 bits per heavy atom. The van der Waals surface area contributed by atoms with Gasteiger partial charge in [-0.3, -0.25) is 4.98 Å². The summed E-state index contributed by atoms with van der Waals surface area (Å²) in [5.41, 5.74) is 12.7. The van der Waals surface area contributed by atoms with Crippen molar-refractivity contribution in [3.63, 3.8) is 0 Å². The van der Waals surface area contributed by atoms with Gasteiger partial charge in [0.05, 0.1) is 30.6 Å². The van der Waals surface area contributed by atoms with Crippen molar-refractivity contribution in [3.8, 4) is 50.7 Å². The molecule has 10 aromatic rings. The minimum absolute atomic E-state index is 0. The Labute approximate surface area is 394 Å². The van der Waals surface area contributed by atoms with E-state index in [-0.39, 0.29) is 25.5 Å². The second kappa shape index (κ2) is 17.7. The second-order valence-corrected chi connectivity index (χ2v) is 23.9. The summed E-state index contributed by atoms with van der Waals surface area (Å²) < 4.78 is 26.6. The Morgan fingerprint density at radius 3 is 2.17 bits per heavy atom. The minimum atomic E-state index is -2.14. The van der Waals surface area contributed by atoms with Crippen molar-refractivity contribution in [1.29, 1.82) is 0 Å². The molecule has 315 valence electrons. The summed E-state index contributed by atoms with van der Waals surface area (Å²) in [6.07, 6.45) is 2.02. The van der Waals surface area contributed by atoms with E-state index in [0.717, 1.165) is 87.6 Å². The Kier molecular flexibility index (Phi) is 11.3. The first-order valence-electron chi connectivity index (χ1n) is 22.5. The van der Waals surface area contributed by atoms with Gasteiger partial charge in [0.1, 0.15) is 4.83 Å². The van der Waals surface area contributed by atoms with E-state index in [4.69, 9.17) is 14.1 Å². The summed E-state index contributed by atoms with van der Waals surface area (Å²) in [6, 6.07) is 58.0. The van der Waals surface area contributed by atoms with Crippen molar-refractivity contribution in [2.45, 2.75) is 59.6 Å². The van der Waals surface area contributed by atoms with E-state index < -0.39 is 14.9 Å². The van der Waals surface area contributed by atoms with Gasteiger partial charge in [-0.25, -0.2) is 4.98 Å². The third-order valence-corrected chi connectivity index (χ3v) is 14.5. The van der Waals surface area contributed by atoms with Crippen LogP contribution in [0.15, 0.2) is 158 Å². The van der Waals surface area contributed by atoms with E-state index in [1.54, 1.807) is 23.5 Å². The first kappa shape index (κ1) is 40.0. The third kappa shape index (κ3) is 8.89. The SMILES string of the molecule is C[Si](C)(C)c1ccc(-c2[c-]cccc2)nc1.[2H]C([2H])([2H])c1ccc(-c2ccc3c(n2)sc2c(-c4nc5ccccc5n4-c4ccc(C(C)(C)C)cc4-c4ccccc4)[c-]cc(C)c23)cc1.[Ir]. The van der Waals surface area contributed by atoms with Crippen molar-refractivity contribution >= 4 is 55.9 Å². The number of thiophene rings is 1. The molecular weight excluding hydrogens is 981 g/mol. The molecule has 4 heterocycles. The standard InChI is InChI=1S/C42H34N3S.C14H16NSi.Ir/c1-26-15-18-29(19-16-26)34-23-22-31-38-27(2)17-21-32(39(38)46-41(31)44-34)40-43-35-13-9-10-14-37(35)45(40)36-24-20-30(42(3,4)5)25-33(36)28-11-7-6-8-12-28;1-16(2,3)13-9-10-14(15-11-13)12-7-5-4-6-8-12;/h6-20,22-25H,1-5H3;4-7,9-11H,1-3H3;/q2*-1;/i1D3;;. The number of para-hydroxylation sites is 2. The topological polar surface area (TPSA) is 43.6 Å². The molecule has 4 aromatic heterocycles. The molecule has 0 saturated heterocycles. The predicted molar refractivity (Wildman–Crippen MR) is 267 cm³/mol. The molecule has 0 unspecified atom stereocenters. The number of aromatic nitrogens is 4. The molecule has 0 bridgehead atoms. The van der Waals surface area contributed by atoms with Gasteiger partial charge in [-0.15, -0.1) is 53.6 Å².